The van der Waals surface area contributed by atoms with E-state index in [1.807, 2.05) is 23.9 Å². The quantitative estimate of drug-likeness (QED) is 0.740. The van der Waals surface area contributed by atoms with Gasteiger partial charge in [0, 0.05) is 28.9 Å². The third-order valence-corrected chi connectivity index (χ3v) is 3.69. The third-order valence-electron chi connectivity index (χ3n) is 1.99. The zero-order valence-corrected chi connectivity index (χ0v) is 8.66. The van der Waals surface area contributed by atoms with Gasteiger partial charge in [0.2, 0.25) is 0 Å². The molecule has 1 aromatic rings. The van der Waals surface area contributed by atoms with E-state index in [9.17, 15) is 0 Å². The molecule has 0 atom stereocenters. The van der Waals surface area contributed by atoms with Crippen LogP contribution < -0.4 is 11.1 Å². The number of anilines is 1. The molecule has 1 aliphatic heterocycles. The summed E-state index contributed by atoms with van der Waals surface area (Å²) in [4.78, 5) is 1.13. The van der Waals surface area contributed by atoms with Crippen LogP contribution in [0.1, 0.15) is 0 Å². The highest BCUT2D eigenvalue weighted by Gasteiger charge is 2.18. The predicted molar refractivity (Wildman–Crippen MR) is 58.4 cm³/mol. The molecule has 0 aromatic heterocycles. The highest BCUT2D eigenvalue weighted by molar-refractivity contribution is 8.00. The summed E-state index contributed by atoms with van der Waals surface area (Å²) >= 11 is 7.85. The molecule has 1 heterocycles. The van der Waals surface area contributed by atoms with E-state index >= 15 is 0 Å². The maximum absolute atomic E-state index is 6.03. The molecule has 1 aliphatic rings. The van der Waals surface area contributed by atoms with Gasteiger partial charge in [0.15, 0.2) is 0 Å². The van der Waals surface area contributed by atoms with E-state index in [-0.39, 0.29) is 0 Å². The van der Waals surface area contributed by atoms with Gasteiger partial charge in [0.1, 0.15) is 0 Å². The summed E-state index contributed by atoms with van der Waals surface area (Å²) in [6.07, 6.45) is 0. The molecule has 2 rings (SSSR count). The molecule has 13 heavy (non-hydrogen) atoms. The van der Waals surface area contributed by atoms with Gasteiger partial charge in [-0.3, -0.25) is 0 Å². The van der Waals surface area contributed by atoms with Crippen LogP contribution in [0.2, 0.25) is 5.02 Å². The van der Waals surface area contributed by atoms with Crippen molar-refractivity contribution in [2.24, 2.45) is 0 Å². The first-order chi connectivity index (χ1) is 6.25. The van der Waals surface area contributed by atoms with Crippen molar-refractivity contribution in [3.63, 3.8) is 0 Å². The van der Waals surface area contributed by atoms with Crippen molar-refractivity contribution in [2.75, 3.05) is 18.8 Å². The molecule has 1 saturated heterocycles. The van der Waals surface area contributed by atoms with Crippen LogP contribution in [0.5, 0.6) is 0 Å². The van der Waals surface area contributed by atoms with Gasteiger partial charge in [0.25, 0.3) is 0 Å². The zero-order chi connectivity index (χ0) is 9.26. The van der Waals surface area contributed by atoms with Gasteiger partial charge in [0.05, 0.1) is 5.02 Å². The van der Waals surface area contributed by atoms with E-state index in [1.54, 1.807) is 6.07 Å². The maximum atomic E-state index is 6.03. The lowest BCUT2D eigenvalue weighted by Gasteiger charge is -2.26. The molecule has 0 unspecified atom stereocenters. The lowest BCUT2D eigenvalue weighted by molar-refractivity contribution is 0.544. The molecule has 0 radical (unpaired) electrons. The Balaban J connectivity index is 2.10. The molecular weight excluding hydrogens is 204 g/mol. The van der Waals surface area contributed by atoms with Crippen LogP contribution in [0.25, 0.3) is 0 Å². The van der Waals surface area contributed by atoms with Gasteiger partial charge in [-0.2, -0.15) is 0 Å². The Labute approximate surface area is 86.8 Å². The van der Waals surface area contributed by atoms with Crippen LogP contribution in [0.4, 0.5) is 5.69 Å². The fourth-order valence-electron chi connectivity index (χ4n) is 1.14. The molecule has 1 fully saturated rings. The second-order valence-corrected chi connectivity index (χ2v) is 4.84. The van der Waals surface area contributed by atoms with Crippen LogP contribution in [-0.2, 0) is 0 Å². The summed E-state index contributed by atoms with van der Waals surface area (Å²) in [6, 6.07) is 5.68. The smallest absolute Gasteiger partial charge is 0.0562 e. The molecule has 70 valence electrons. The van der Waals surface area contributed by atoms with Crippen LogP contribution >= 0.6 is 23.4 Å². The number of halogens is 1. The van der Waals surface area contributed by atoms with Crippen LogP contribution in [0, 0.1) is 0 Å². The summed E-state index contributed by atoms with van der Waals surface area (Å²) in [6.45, 7) is 2.15. The summed E-state index contributed by atoms with van der Waals surface area (Å²) < 4.78 is 0. The Hall–Kier alpha value is -0.380. The van der Waals surface area contributed by atoms with Crippen molar-refractivity contribution in [1.29, 1.82) is 0 Å². The molecule has 0 aliphatic carbocycles. The Morgan fingerprint density at radius 3 is 2.77 bits per heavy atom. The number of nitrogen functional groups attached to an aromatic ring is 1. The lowest BCUT2D eigenvalue weighted by atomic mass is 10.3. The van der Waals surface area contributed by atoms with E-state index < -0.39 is 0 Å². The van der Waals surface area contributed by atoms with Crippen molar-refractivity contribution in [2.45, 2.75) is 10.1 Å². The fraction of sp³-hybridized carbons (Fsp3) is 0.333. The van der Waals surface area contributed by atoms with Gasteiger partial charge in [-0.15, -0.1) is 11.8 Å². The van der Waals surface area contributed by atoms with E-state index in [2.05, 4.69) is 5.32 Å². The predicted octanol–water partition coefficient (Wildman–Crippen LogP) is 1.99. The molecule has 4 heteroatoms. The Kier molecular flexibility index (Phi) is 2.67. The topological polar surface area (TPSA) is 38.0 Å². The van der Waals surface area contributed by atoms with Gasteiger partial charge in [-0.25, -0.2) is 0 Å². The van der Waals surface area contributed by atoms with E-state index in [4.69, 9.17) is 17.3 Å². The minimum absolute atomic E-state index is 0.668. The van der Waals surface area contributed by atoms with Crippen LogP contribution in [0.3, 0.4) is 0 Å². The maximum Gasteiger partial charge on any atom is 0.0562 e. The number of nitrogens with two attached hydrogens (primary N) is 1. The van der Waals surface area contributed by atoms with Gasteiger partial charge >= 0.3 is 0 Å². The van der Waals surface area contributed by atoms with Gasteiger partial charge in [-0.1, -0.05) is 11.6 Å². The molecule has 1 aromatic carbocycles. The Bertz CT molecular complexity index is 312. The molecule has 0 spiro atoms. The minimum atomic E-state index is 0.668. The number of nitrogens with one attached hydrogen (secondary N) is 1. The van der Waals surface area contributed by atoms with Crippen molar-refractivity contribution >= 4 is 29.1 Å². The molecule has 2 nitrogen and oxygen atoms in total. The molecule has 3 N–H and O–H groups in total. The normalized spacial score (nSPS) is 17.0. The summed E-state index contributed by atoms with van der Waals surface area (Å²) in [5.74, 6) is 0. The number of hydrogen-bond donors (Lipinski definition) is 2. The third kappa shape index (κ3) is 2.10. The lowest BCUT2D eigenvalue weighted by Crippen LogP contribution is -2.44. The summed E-state index contributed by atoms with van der Waals surface area (Å²) in [5.41, 5.74) is 6.32. The second-order valence-electron chi connectivity index (χ2n) is 3.09. The Morgan fingerprint density at radius 1 is 1.46 bits per heavy atom. The second kappa shape index (κ2) is 3.78. The first-order valence-electron chi connectivity index (χ1n) is 4.18. The molecule has 0 saturated carbocycles. The SMILES string of the molecule is Nc1ccc(SC2CNC2)c(Cl)c1. The van der Waals surface area contributed by atoms with Crippen molar-refractivity contribution in [3.05, 3.63) is 23.2 Å². The average molecular weight is 215 g/mol. The fourth-order valence-corrected chi connectivity index (χ4v) is 2.54. The summed E-state index contributed by atoms with van der Waals surface area (Å²) in [5, 5.41) is 4.65. The van der Waals surface area contributed by atoms with E-state index in [0.29, 0.717) is 5.25 Å². The number of benzene rings is 1. The average Bonchev–Trinajstić information content (AvgIpc) is 1.99. The molecule has 0 amide bonds. The molecular formula is C9H11ClN2S. The van der Waals surface area contributed by atoms with Crippen molar-refractivity contribution in [1.82, 2.24) is 5.32 Å². The van der Waals surface area contributed by atoms with E-state index in [0.717, 1.165) is 28.7 Å². The highest BCUT2D eigenvalue weighted by atomic mass is 35.5. The first kappa shape index (κ1) is 9.19. The van der Waals surface area contributed by atoms with Crippen LogP contribution in [0.15, 0.2) is 23.1 Å². The minimum Gasteiger partial charge on any atom is -0.399 e. The molecule has 0 bridgehead atoms. The van der Waals surface area contributed by atoms with Crippen molar-refractivity contribution in [3.8, 4) is 0 Å². The van der Waals surface area contributed by atoms with Crippen LogP contribution in [-0.4, -0.2) is 18.3 Å². The Morgan fingerprint density at radius 2 is 2.23 bits per heavy atom. The number of thioether (sulfide) groups is 1. The monoisotopic (exact) mass is 214 g/mol. The van der Waals surface area contributed by atoms with Gasteiger partial charge in [-0.05, 0) is 18.2 Å². The summed E-state index contributed by atoms with van der Waals surface area (Å²) in [7, 11) is 0. The number of rotatable bonds is 2. The van der Waals surface area contributed by atoms with E-state index in [1.165, 1.54) is 0 Å². The van der Waals surface area contributed by atoms with Crippen molar-refractivity contribution < 1.29 is 0 Å². The highest BCUT2D eigenvalue weighted by Crippen LogP contribution is 2.32. The first-order valence-corrected chi connectivity index (χ1v) is 5.44. The largest absolute Gasteiger partial charge is 0.399 e. The van der Waals surface area contributed by atoms with Gasteiger partial charge < -0.3 is 11.1 Å². The zero-order valence-electron chi connectivity index (χ0n) is 7.09. The number of hydrogen-bond acceptors (Lipinski definition) is 3. The standard InChI is InChI=1S/C9H11ClN2S/c10-8-3-6(11)1-2-9(8)13-7-4-12-5-7/h1-3,7,12H,4-5,11H2.